The van der Waals surface area contributed by atoms with E-state index in [1.807, 2.05) is 0 Å². The van der Waals surface area contributed by atoms with Crippen LogP contribution in [0.25, 0.3) is 0 Å². The number of ether oxygens (including phenoxy) is 2. The van der Waals surface area contributed by atoms with Gasteiger partial charge in [-0.25, -0.2) is 0 Å². The van der Waals surface area contributed by atoms with E-state index in [0.29, 0.717) is 36.7 Å². The largest absolute Gasteiger partial charge is 0.486 e. The topological polar surface area (TPSA) is 61.6 Å². The van der Waals surface area contributed by atoms with Gasteiger partial charge in [0.2, 0.25) is 0 Å². The first-order chi connectivity index (χ1) is 8.70. The third kappa shape index (κ3) is 3.01. The molecule has 2 rings (SSSR count). The Labute approximate surface area is 107 Å². The van der Waals surface area contributed by atoms with Gasteiger partial charge in [-0.15, -0.1) is 0 Å². The molecule has 0 amide bonds. The van der Waals surface area contributed by atoms with Crippen molar-refractivity contribution in [3.05, 3.63) is 23.8 Å². The van der Waals surface area contributed by atoms with Crippen molar-refractivity contribution in [3.63, 3.8) is 0 Å². The van der Waals surface area contributed by atoms with E-state index in [1.165, 1.54) is 0 Å². The summed E-state index contributed by atoms with van der Waals surface area (Å²) in [6.45, 7) is 3.15. The Bertz CT molecular complexity index is 431. The first-order valence-corrected chi connectivity index (χ1v) is 6.39. The highest BCUT2D eigenvalue weighted by molar-refractivity contribution is 5.97. The monoisotopic (exact) mass is 249 g/mol. The Balaban J connectivity index is 2.06. The summed E-state index contributed by atoms with van der Waals surface area (Å²) >= 11 is 0. The molecule has 2 N–H and O–H groups in total. The fourth-order valence-electron chi connectivity index (χ4n) is 2.05. The van der Waals surface area contributed by atoms with Gasteiger partial charge in [0.25, 0.3) is 0 Å². The average Bonchev–Trinajstić information content (AvgIpc) is 2.38. The minimum Gasteiger partial charge on any atom is -0.486 e. The molecule has 4 nitrogen and oxygen atoms in total. The summed E-state index contributed by atoms with van der Waals surface area (Å²) in [6.07, 6.45) is 2.25. The molecule has 0 saturated carbocycles. The van der Waals surface area contributed by atoms with Gasteiger partial charge in [0, 0.05) is 18.0 Å². The molecule has 0 saturated heterocycles. The van der Waals surface area contributed by atoms with E-state index >= 15 is 0 Å². The van der Waals surface area contributed by atoms with Crippen LogP contribution in [0, 0.1) is 0 Å². The summed E-state index contributed by atoms with van der Waals surface area (Å²) in [7, 11) is 0. The molecule has 1 aliphatic heterocycles. The molecule has 4 heteroatoms. The number of rotatable bonds is 5. The molecule has 1 unspecified atom stereocenters. The summed E-state index contributed by atoms with van der Waals surface area (Å²) in [4.78, 5) is 12.0. The zero-order valence-electron chi connectivity index (χ0n) is 10.6. The molecular weight excluding hydrogens is 230 g/mol. The minimum atomic E-state index is -0.0595. The van der Waals surface area contributed by atoms with Crippen molar-refractivity contribution in [2.75, 3.05) is 13.2 Å². The number of hydrogen-bond donors (Lipinski definition) is 1. The number of carbonyl (C=O) groups excluding carboxylic acids is 1. The van der Waals surface area contributed by atoms with E-state index in [4.69, 9.17) is 15.2 Å². The Kier molecular flexibility index (Phi) is 4.20. The molecule has 98 valence electrons. The van der Waals surface area contributed by atoms with Gasteiger partial charge in [0.05, 0.1) is 0 Å². The second kappa shape index (κ2) is 5.87. The van der Waals surface area contributed by atoms with Crippen molar-refractivity contribution in [1.82, 2.24) is 0 Å². The van der Waals surface area contributed by atoms with Crippen LogP contribution in [0.15, 0.2) is 18.2 Å². The Morgan fingerprint density at radius 1 is 1.33 bits per heavy atom. The van der Waals surface area contributed by atoms with Crippen LogP contribution >= 0.6 is 0 Å². The van der Waals surface area contributed by atoms with E-state index < -0.39 is 0 Å². The second-order valence-electron chi connectivity index (χ2n) is 4.53. The van der Waals surface area contributed by atoms with Crippen LogP contribution in [0.3, 0.4) is 0 Å². The van der Waals surface area contributed by atoms with Crippen LogP contribution in [0.5, 0.6) is 11.5 Å². The first kappa shape index (κ1) is 12.9. The van der Waals surface area contributed by atoms with Crippen LogP contribution in [0.2, 0.25) is 0 Å². The SMILES string of the molecule is CCCC(N)CC(=O)c1ccc2c(c1)OCCO2. The van der Waals surface area contributed by atoms with Crippen LogP contribution < -0.4 is 15.2 Å². The predicted octanol–water partition coefficient (Wildman–Crippen LogP) is 2.16. The Morgan fingerprint density at radius 2 is 2.06 bits per heavy atom. The smallest absolute Gasteiger partial charge is 0.164 e. The number of nitrogens with two attached hydrogens (primary N) is 1. The van der Waals surface area contributed by atoms with E-state index in [-0.39, 0.29) is 11.8 Å². The lowest BCUT2D eigenvalue weighted by molar-refractivity contribution is 0.0972. The molecule has 1 aliphatic rings. The number of benzene rings is 1. The van der Waals surface area contributed by atoms with Gasteiger partial charge in [-0.3, -0.25) is 4.79 Å². The van der Waals surface area contributed by atoms with Crippen molar-refractivity contribution in [2.24, 2.45) is 5.73 Å². The highest BCUT2D eigenvalue weighted by atomic mass is 16.6. The summed E-state index contributed by atoms with van der Waals surface area (Å²) in [6, 6.07) is 5.24. The summed E-state index contributed by atoms with van der Waals surface area (Å²) in [5, 5.41) is 0. The van der Waals surface area contributed by atoms with E-state index in [1.54, 1.807) is 18.2 Å². The molecule has 1 atom stereocenters. The average molecular weight is 249 g/mol. The van der Waals surface area contributed by atoms with Crippen LogP contribution in [-0.4, -0.2) is 25.0 Å². The van der Waals surface area contributed by atoms with E-state index in [9.17, 15) is 4.79 Å². The molecule has 0 radical (unpaired) electrons. The second-order valence-corrected chi connectivity index (χ2v) is 4.53. The van der Waals surface area contributed by atoms with Gasteiger partial charge in [-0.2, -0.15) is 0 Å². The van der Waals surface area contributed by atoms with Crippen molar-refractivity contribution < 1.29 is 14.3 Å². The number of hydrogen-bond acceptors (Lipinski definition) is 4. The van der Waals surface area contributed by atoms with Crippen molar-refractivity contribution in [2.45, 2.75) is 32.2 Å². The van der Waals surface area contributed by atoms with Crippen molar-refractivity contribution in [1.29, 1.82) is 0 Å². The molecule has 0 spiro atoms. The minimum absolute atomic E-state index is 0.0595. The maximum absolute atomic E-state index is 12.0. The highest BCUT2D eigenvalue weighted by Crippen LogP contribution is 2.31. The van der Waals surface area contributed by atoms with Gasteiger partial charge in [0.1, 0.15) is 13.2 Å². The summed E-state index contributed by atoms with van der Waals surface area (Å²) in [5.41, 5.74) is 6.53. The Morgan fingerprint density at radius 3 is 2.78 bits per heavy atom. The maximum Gasteiger partial charge on any atom is 0.164 e. The molecule has 18 heavy (non-hydrogen) atoms. The van der Waals surface area contributed by atoms with E-state index in [0.717, 1.165) is 12.8 Å². The molecule has 1 aromatic rings. The van der Waals surface area contributed by atoms with Crippen molar-refractivity contribution in [3.8, 4) is 11.5 Å². The van der Waals surface area contributed by atoms with Gasteiger partial charge in [-0.1, -0.05) is 13.3 Å². The zero-order chi connectivity index (χ0) is 13.0. The molecular formula is C14H19NO3. The Hall–Kier alpha value is -1.55. The van der Waals surface area contributed by atoms with Gasteiger partial charge >= 0.3 is 0 Å². The number of Topliss-reactive ketones (excluding diaryl/α,β-unsaturated/α-hetero) is 1. The molecule has 0 aromatic heterocycles. The number of fused-ring (bicyclic) bond motifs is 1. The fourth-order valence-corrected chi connectivity index (χ4v) is 2.05. The lowest BCUT2D eigenvalue weighted by Gasteiger charge is -2.19. The fraction of sp³-hybridized carbons (Fsp3) is 0.500. The quantitative estimate of drug-likeness (QED) is 0.812. The van der Waals surface area contributed by atoms with Crippen molar-refractivity contribution >= 4 is 5.78 Å². The molecule has 0 bridgehead atoms. The maximum atomic E-state index is 12.0. The highest BCUT2D eigenvalue weighted by Gasteiger charge is 2.16. The lowest BCUT2D eigenvalue weighted by atomic mass is 10.0. The lowest BCUT2D eigenvalue weighted by Crippen LogP contribution is -2.23. The van der Waals surface area contributed by atoms with Gasteiger partial charge in [0.15, 0.2) is 17.3 Å². The zero-order valence-corrected chi connectivity index (χ0v) is 10.6. The normalized spacial score (nSPS) is 15.2. The predicted molar refractivity (Wildman–Crippen MR) is 69.3 cm³/mol. The summed E-state index contributed by atoms with van der Waals surface area (Å²) < 4.78 is 10.9. The van der Waals surface area contributed by atoms with Crippen LogP contribution in [0.4, 0.5) is 0 Å². The standard InChI is InChI=1S/C14H19NO3/c1-2-3-11(15)9-12(16)10-4-5-13-14(8-10)18-7-6-17-13/h4-5,8,11H,2-3,6-7,9,15H2,1H3. The molecule has 1 heterocycles. The third-order valence-corrected chi connectivity index (χ3v) is 2.97. The third-order valence-electron chi connectivity index (χ3n) is 2.97. The molecule has 0 aliphatic carbocycles. The van der Waals surface area contributed by atoms with Crippen LogP contribution in [0.1, 0.15) is 36.5 Å². The number of carbonyl (C=O) groups is 1. The van der Waals surface area contributed by atoms with E-state index in [2.05, 4.69) is 6.92 Å². The molecule has 0 fully saturated rings. The van der Waals surface area contributed by atoms with Gasteiger partial charge in [-0.05, 0) is 24.6 Å². The summed E-state index contributed by atoms with van der Waals surface area (Å²) in [5.74, 6) is 1.42. The number of ketones is 1. The van der Waals surface area contributed by atoms with Gasteiger partial charge < -0.3 is 15.2 Å². The molecule has 1 aromatic carbocycles. The van der Waals surface area contributed by atoms with Crippen LogP contribution in [-0.2, 0) is 0 Å². The first-order valence-electron chi connectivity index (χ1n) is 6.39.